The number of nitrogens with two attached hydrogens (primary N) is 2. The lowest BCUT2D eigenvalue weighted by molar-refractivity contribution is 0.174. The normalized spacial score (nSPS) is 26.6. The third-order valence-corrected chi connectivity index (χ3v) is 6.02. The molecular weight excluding hydrogens is 280 g/mol. The molecule has 7 heteroatoms. The van der Waals surface area contributed by atoms with Gasteiger partial charge in [0.25, 0.3) is 0 Å². The number of benzene rings is 1. The average Bonchev–Trinajstić information content (AvgIpc) is 2.89. The molecule has 2 aliphatic rings. The molecule has 1 aromatic rings. The molecule has 0 radical (unpaired) electrons. The number of hydrogen-bond acceptors (Lipinski definition) is 6. The second-order valence-corrected chi connectivity index (χ2v) is 7.65. The van der Waals surface area contributed by atoms with Crippen LogP contribution in [-0.4, -0.2) is 39.8 Å². The molecule has 3 rings (SSSR count). The third kappa shape index (κ3) is 1.81. The van der Waals surface area contributed by atoms with Crippen LogP contribution < -0.4 is 20.9 Å². The van der Waals surface area contributed by atoms with Gasteiger partial charge in [-0.05, 0) is 17.7 Å². The van der Waals surface area contributed by atoms with Crippen LogP contribution in [-0.2, 0) is 9.84 Å². The number of hydrogen-bond donors (Lipinski definition) is 2. The van der Waals surface area contributed by atoms with Crippen LogP contribution in [0.25, 0.3) is 0 Å². The fraction of sp³-hybridized carbons (Fsp3) is 0.538. The largest absolute Gasteiger partial charge is 0.454 e. The van der Waals surface area contributed by atoms with Crippen LogP contribution in [0.2, 0.25) is 0 Å². The van der Waals surface area contributed by atoms with Crippen molar-refractivity contribution in [3.8, 4) is 11.5 Å². The summed E-state index contributed by atoms with van der Waals surface area (Å²) in [4.78, 5) is 0. The van der Waals surface area contributed by atoms with Gasteiger partial charge in [0, 0.05) is 30.7 Å². The Morgan fingerprint density at radius 2 is 1.90 bits per heavy atom. The van der Waals surface area contributed by atoms with Gasteiger partial charge < -0.3 is 20.9 Å². The van der Waals surface area contributed by atoms with Crippen LogP contribution >= 0.6 is 0 Å². The first-order valence-electron chi connectivity index (χ1n) is 6.42. The Hall–Kier alpha value is -1.31. The van der Waals surface area contributed by atoms with Crippen LogP contribution in [0.15, 0.2) is 18.2 Å². The molecule has 0 bridgehead atoms. The number of fused-ring (bicyclic) bond motifs is 1. The van der Waals surface area contributed by atoms with Gasteiger partial charge in [0.2, 0.25) is 6.79 Å². The van der Waals surface area contributed by atoms with Gasteiger partial charge in [-0.1, -0.05) is 6.07 Å². The zero-order valence-corrected chi connectivity index (χ0v) is 12.0. The van der Waals surface area contributed by atoms with Gasteiger partial charge >= 0.3 is 0 Å². The van der Waals surface area contributed by atoms with Crippen molar-refractivity contribution in [2.24, 2.45) is 16.9 Å². The van der Waals surface area contributed by atoms with Gasteiger partial charge in [-0.15, -0.1) is 0 Å². The first-order valence-corrected chi connectivity index (χ1v) is 8.38. The Kier molecular flexibility index (Phi) is 2.97. The van der Waals surface area contributed by atoms with E-state index in [2.05, 4.69) is 0 Å². The van der Waals surface area contributed by atoms with Crippen molar-refractivity contribution >= 4 is 9.84 Å². The van der Waals surface area contributed by atoms with E-state index in [4.69, 9.17) is 20.9 Å². The molecule has 1 fully saturated rings. The van der Waals surface area contributed by atoms with Gasteiger partial charge in [-0.3, -0.25) is 0 Å². The van der Waals surface area contributed by atoms with E-state index in [0.717, 1.165) is 5.56 Å². The van der Waals surface area contributed by atoms with Crippen LogP contribution in [0.3, 0.4) is 0 Å². The second kappa shape index (κ2) is 4.34. The van der Waals surface area contributed by atoms with Gasteiger partial charge in [0.15, 0.2) is 21.3 Å². The van der Waals surface area contributed by atoms with Gasteiger partial charge in [-0.2, -0.15) is 0 Å². The Bertz CT molecular complexity index is 640. The van der Waals surface area contributed by atoms with Crippen molar-refractivity contribution in [2.45, 2.75) is 11.2 Å². The SMILES string of the molecule is CS(=O)(=O)[C@H]1[C@H](c2ccc3c(c2)OCO3)C1(CN)CN. The molecule has 2 atom stereocenters. The Labute approximate surface area is 118 Å². The highest BCUT2D eigenvalue weighted by Crippen LogP contribution is 2.62. The zero-order valence-electron chi connectivity index (χ0n) is 11.2. The summed E-state index contributed by atoms with van der Waals surface area (Å²) in [6, 6.07) is 5.49. The molecule has 0 aromatic heterocycles. The maximum absolute atomic E-state index is 12.0. The van der Waals surface area contributed by atoms with Crippen molar-refractivity contribution in [1.29, 1.82) is 0 Å². The summed E-state index contributed by atoms with van der Waals surface area (Å²) in [6.07, 6.45) is 1.24. The van der Waals surface area contributed by atoms with Gasteiger partial charge in [-0.25, -0.2) is 8.42 Å². The molecule has 1 saturated carbocycles. The number of rotatable bonds is 4. The predicted molar refractivity (Wildman–Crippen MR) is 74.5 cm³/mol. The quantitative estimate of drug-likeness (QED) is 0.799. The summed E-state index contributed by atoms with van der Waals surface area (Å²) in [5.74, 6) is 1.14. The summed E-state index contributed by atoms with van der Waals surface area (Å²) in [5.41, 5.74) is 11.9. The predicted octanol–water partition coefficient (Wildman–Crippen LogP) is -0.170. The van der Waals surface area contributed by atoms with E-state index in [0.29, 0.717) is 11.5 Å². The van der Waals surface area contributed by atoms with Crippen molar-refractivity contribution < 1.29 is 17.9 Å². The lowest BCUT2D eigenvalue weighted by Crippen LogP contribution is -2.31. The molecule has 110 valence electrons. The van der Waals surface area contributed by atoms with Crippen molar-refractivity contribution in [1.82, 2.24) is 0 Å². The fourth-order valence-corrected chi connectivity index (χ4v) is 5.35. The maximum Gasteiger partial charge on any atom is 0.231 e. The summed E-state index contributed by atoms with van der Waals surface area (Å²) in [7, 11) is -3.20. The maximum atomic E-state index is 12.0. The third-order valence-electron chi connectivity index (χ3n) is 4.36. The van der Waals surface area contributed by atoms with Crippen LogP contribution in [0.4, 0.5) is 0 Å². The lowest BCUT2D eigenvalue weighted by atomic mass is 9.99. The molecule has 1 aliphatic carbocycles. The minimum Gasteiger partial charge on any atom is -0.454 e. The summed E-state index contributed by atoms with van der Waals surface area (Å²) >= 11 is 0. The highest BCUT2D eigenvalue weighted by molar-refractivity contribution is 7.91. The minimum atomic E-state index is -3.20. The van der Waals surface area contributed by atoms with Crippen LogP contribution in [0.1, 0.15) is 11.5 Å². The molecular formula is C13H18N2O4S. The van der Waals surface area contributed by atoms with Crippen molar-refractivity contribution in [2.75, 3.05) is 26.1 Å². The van der Waals surface area contributed by atoms with E-state index in [-0.39, 0.29) is 25.8 Å². The molecule has 6 nitrogen and oxygen atoms in total. The first kappa shape index (κ1) is 13.7. The number of sulfone groups is 1. The molecule has 4 N–H and O–H groups in total. The van der Waals surface area contributed by atoms with Crippen molar-refractivity contribution in [3.05, 3.63) is 23.8 Å². The highest BCUT2D eigenvalue weighted by Gasteiger charge is 2.68. The minimum absolute atomic E-state index is 0.179. The monoisotopic (exact) mass is 298 g/mol. The Balaban J connectivity index is 2.01. The Morgan fingerprint density at radius 3 is 2.45 bits per heavy atom. The molecule has 1 aliphatic heterocycles. The number of ether oxygens (including phenoxy) is 2. The highest BCUT2D eigenvalue weighted by atomic mass is 32.2. The van der Waals surface area contributed by atoms with E-state index in [1.54, 1.807) is 6.07 Å². The molecule has 0 saturated heterocycles. The van der Waals surface area contributed by atoms with E-state index >= 15 is 0 Å². The van der Waals surface area contributed by atoms with Crippen LogP contribution in [0.5, 0.6) is 11.5 Å². The summed E-state index contributed by atoms with van der Waals surface area (Å²) in [6.45, 7) is 0.693. The molecule has 0 spiro atoms. The standard InChI is InChI=1S/C13H18N2O4S/c1-20(16,17)12-11(13(12,5-14)6-15)8-2-3-9-10(4-8)19-7-18-9/h2-4,11-12H,5-7,14-15H2,1H3/t11-,12-/m0/s1. The first-order chi connectivity index (χ1) is 9.44. The van der Waals surface area contributed by atoms with Gasteiger partial charge in [0.05, 0.1) is 5.25 Å². The zero-order chi connectivity index (χ0) is 14.5. The van der Waals surface area contributed by atoms with Crippen molar-refractivity contribution in [3.63, 3.8) is 0 Å². The van der Waals surface area contributed by atoms with E-state index in [1.165, 1.54) is 6.26 Å². The molecule has 1 aromatic carbocycles. The summed E-state index contributed by atoms with van der Waals surface area (Å²) < 4.78 is 34.6. The second-order valence-electron chi connectivity index (χ2n) is 5.48. The molecule has 0 unspecified atom stereocenters. The van der Waals surface area contributed by atoms with E-state index < -0.39 is 20.5 Å². The topological polar surface area (TPSA) is 105 Å². The van der Waals surface area contributed by atoms with Crippen LogP contribution in [0, 0.1) is 5.41 Å². The van der Waals surface area contributed by atoms with Gasteiger partial charge in [0.1, 0.15) is 0 Å². The molecule has 20 heavy (non-hydrogen) atoms. The lowest BCUT2D eigenvalue weighted by Gasteiger charge is -2.12. The van der Waals surface area contributed by atoms with E-state index in [1.807, 2.05) is 12.1 Å². The molecule has 0 amide bonds. The van der Waals surface area contributed by atoms with E-state index in [9.17, 15) is 8.42 Å². The molecule has 1 heterocycles. The Morgan fingerprint density at radius 1 is 1.25 bits per heavy atom. The smallest absolute Gasteiger partial charge is 0.231 e. The fourth-order valence-electron chi connectivity index (χ4n) is 3.31. The summed E-state index contributed by atoms with van der Waals surface area (Å²) in [5, 5.41) is -0.523. The average molecular weight is 298 g/mol.